The third-order valence-electron chi connectivity index (χ3n) is 4.23. The van der Waals surface area contributed by atoms with E-state index in [2.05, 4.69) is 5.32 Å². The number of benzene rings is 1. The van der Waals surface area contributed by atoms with Gasteiger partial charge in [0.1, 0.15) is 0 Å². The second-order valence-corrected chi connectivity index (χ2v) is 5.57. The average Bonchev–Trinajstić information content (AvgIpc) is 2.94. The molecule has 1 saturated heterocycles. The Hall–Kier alpha value is -1.88. The predicted molar refractivity (Wildman–Crippen MR) is 76.2 cm³/mol. The van der Waals surface area contributed by atoms with Crippen molar-refractivity contribution < 1.29 is 9.59 Å². The monoisotopic (exact) mass is 273 g/mol. The van der Waals surface area contributed by atoms with Crippen LogP contribution in [-0.4, -0.2) is 36.3 Å². The summed E-state index contributed by atoms with van der Waals surface area (Å²) in [6.07, 6.45) is 1.20. The molecule has 3 rings (SSSR count). The molecule has 5 nitrogen and oxygen atoms in total. The number of fused-ring (bicyclic) bond motifs is 1. The molecule has 2 atom stereocenters. The number of carbonyl (C=O) groups is 2. The van der Waals surface area contributed by atoms with E-state index in [1.54, 1.807) is 0 Å². The Bertz CT molecular complexity index is 544. The number of nitrogens with one attached hydrogen (secondary N) is 1. The van der Waals surface area contributed by atoms with Crippen LogP contribution >= 0.6 is 0 Å². The van der Waals surface area contributed by atoms with Crippen LogP contribution in [0.4, 0.5) is 5.69 Å². The van der Waals surface area contributed by atoms with Crippen molar-refractivity contribution in [2.24, 2.45) is 11.7 Å². The van der Waals surface area contributed by atoms with Crippen LogP contribution in [0.3, 0.4) is 0 Å². The lowest BCUT2D eigenvalue weighted by Gasteiger charge is -2.28. The third-order valence-corrected chi connectivity index (χ3v) is 4.23. The van der Waals surface area contributed by atoms with Crippen LogP contribution in [-0.2, 0) is 9.59 Å². The average molecular weight is 273 g/mol. The maximum absolute atomic E-state index is 12.7. The quantitative estimate of drug-likeness (QED) is 0.841. The molecule has 0 aliphatic carbocycles. The van der Waals surface area contributed by atoms with E-state index in [1.807, 2.05) is 29.2 Å². The molecule has 0 spiro atoms. The van der Waals surface area contributed by atoms with E-state index in [4.69, 9.17) is 5.73 Å². The number of hydrogen-bond acceptors (Lipinski definition) is 3. The van der Waals surface area contributed by atoms with Crippen molar-refractivity contribution in [3.05, 3.63) is 29.8 Å². The lowest BCUT2D eigenvalue weighted by Crippen LogP contribution is -2.37. The van der Waals surface area contributed by atoms with E-state index in [9.17, 15) is 9.59 Å². The van der Waals surface area contributed by atoms with E-state index < -0.39 is 0 Å². The summed E-state index contributed by atoms with van der Waals surface area (Å²) in [5.74, 6) is 0.0166. The summed E-state index contributed by atoms with van der Waals surface area (Å²) in [6.45, 7) is 2.09. The summed E-state index contributed by atoms with van der Waals surface area (Å²) in [5, 5.41) is 2.83. The molecule has 1 aromatic rings. The summed E-state index contributed by atoms with van der Waals surface area (Å²) >= 11 is 0. The smallest absolute Gasteiger partial charge is 0.230 e. The van der Waals surface area contributed by atoms with E-state index in [0.29, 0.717) is 12.5 Å². The van der Waals surface area contributed by atoms with Gasteiger partial charge in [-0.15, -0.1) is 0 Å². The number of nitrogens with zero attached hydrogens (tertiary/aromatic N) is 1. The van der Waals surface area contributed by atoms with E-state index in [0.717, 1.165) is 30.8 Å². The van der Waals surface area contributed by atoms with Gasteiger partial charge in [0.25, 0.3) is 0 Å². The van der Waals surface area contributed by atoms with Crippen molar-refractivity contribution in [1.82, 2.24) is 4.90 Å². The van der Waals surface area contributed by atoms with E-state index >= 15 is 0 Å². The molecule has 106 valence electrons. The number of para-hydroxylation sites is 1. The molecule has 20 heavy (non-hydrogen) atoms. The summed E-state index contributed by atoms with van der Waals surface area (Å²) < 4.78 is 0. The molecule has 2 aliphatic heterocycles. The van der Waals surface area contributed by atoms with Gasteiger partial charge in [0, 0.05) is 25.2 Å². The third kappa shape index (κ3) is 2.29. The van der Waals surface area contributed by atoms with Crippen LogP contribution in [0.1, 0.15) is 24.3 Å². The molecule has 1 aromatic carbocycles. The zero-order valence-electron chi connectivity index (χ0n) is 11.3. The predicted octanol–water partition coefficient (Wildman–Crippen LogP) is 0.920. The largest absolute Gasteiger partial charge is 0.342 e. The highest BCUT2D eigenvalue weighted by Crippen LogP contribution is 2.34. The van der Waals surface area contributed by atoms with Crippen LogP contribution in [0.15, 0.2) is 24.3 Å². The number of nitrogens with two attached hydrogens (primary N) is 1. The lowest BCUT2D eigenvalue weighted by atomic mass is 9.89. The molecule has 0 bridgehead atoms. The van der Waals surface area contributed by atoms with Gasteiger partial charge < -0.3 is 16.0 Å². The standard InChI is InChI=1S/C15H19N3O2/c16-8-10-5-6-18(9-10)15(20)12-7-14(19)17-13-4-2-1-3-11(12)13/h1-4,10,12H,5-9,16H2,(H,17,19). The van der Waals surface area contributed by atoms with Gasteiger partial charge in [-0.2, -0.15) is 0 Å². The van der Waals surface area contributed by atoms with E-state index in [1.165, 1.54) is 0 Å². The van der Waals surface area contributed by atoms with Crippen molar-refractivity contribution in [2.75, 3.05) is 25.0 Å². The van der Waals surface area contributed by atoms with Gasteiger partial charge in [-0.05, 0) is 30.5 Å². The highest BCUT2D eigenvalue weighted by Gasteiger charge is 2.35. The van der Waals surface area contributed by atoms with Gasteiger partial charge in [-0.25, -0.2) is 0 Å². The Labute approximate surface area is 118 Å². The van der Waals surface area contributed by atoms with Crippen molar-refractivity contribution in [1.29, 1.82) is 0 Å². The van der Waals surface area contributed by atoms with Gasteiger partial charge in [0.05, 0.1) is 5.92 Å². The summed E-state index contributed by atoms with van der Waals surface area (Å²) in [5.41, 5.74) is 7.36. The first-order chi connectivity index (χ1) is 9.69. The second-order valence-electron chi connectivity index (χ2n) is 5.57. The number of likely N-dealkylation sites (tertiary alicyclic amines) is 1. The second kappa shape index (κ2) is 5.25. The summed E-state index contributed by atoms with van der Waals surface area (Å²) in [7, 11) is 0. The van der Waals surface area contributed by atoms with Gasteiger partial charge >= 0.3 is 0 Å². The molecular weight excluding hydrogens is 254 g/mol. The van der Waals surface area contributed by atoms with Gasteiger partial charge in [0.15, 0.2) is 0 Å². The van der Waals surface area contributed by atoms with Gasteiger partial charge in [0.2, 0.25) is 11.8 Å². The highest BCUT2D eigenvalue weighted by molar-refractivity contribution is 6.01. The minimum atomic E-state index is -0.350. The molecular formula is C15H19N3O2. The molecule has 3 N–H and O–H groups in total. The SMILES string of the molecule is NCC1CCN(C(=O)C2CC(=O)Nc3ccccc32)C1. The molecule has 0 saturated carbocycles. The summed E-state index contributed by atoms with van der Waals surface area (Å²) in [4.78, 5) is 26.3. The first-order valence-corrected chi connectivity index (χ1v) is 7.06. The molecule has 2 unspecified atom stereocenters. The normalized spacial score (nSPS) is 25.2. The minimum absolute atomic E-state index is 0.0586. The summed E-state index contributed by atoms with van der Waals surface area (Å²) in [6, 6.07) is 7.54. The fourth-order valence-electron chi connectivity index (χ4n) is 3.08. The van der Waals surface area contributed by atoms with Crippen molar-refractivity contribution in [3.63, 3.8) is 0 Å². The first-order valence-electron chi connectivity index (χ1n) is 7.06. The van der Waals surface area contributed by atoms with Crippen LogP contribution in [0.25, 0.3) is 0 Å². The molecule has 0 radical (unpaired) electrons. The van der Waals surface area contributed by atoms with Crippen molar-refractivity contribution >= 4 is 17.5 Å². The Morgan fingerprint density at radius 1 is 1.40 bits per heavy atom. The minimum Gasteiger partial charge on any atom is -0.342 e. The topological polar surface area (TPSA) is 75.4 Å². The number of hydrogen-bond donors (Lipinski definition) is 2. The zero-order valence-corrected chi connectivity index (χ0v) is 11.3. The maximum Gasteiger partial charge on any atom is 0.230 e. The number of anilines is 1. The van der Waals surface area contributed by atoms with Crippen LogP contribution < -0.4 is 11.1 Å². The number of rotatable bonds is 2. The van der Waals surface area contributed by atoms with Crippen LogP contribution in [0.5, 0.6) is 0 Å². The lowest BCUT2D eigenvalue weighted by molar-refractivity contribution is -0.134. The molecule has 2 amide bonds. The molecule has 1 fully saturated rings. The molecule has 2 heterocycles. The maximum atomic E-state index is 12.7. The highest BCUT2D eigenvalue weighted by atomic mass is 16.2. The Kier molecular flexibility index (Phi) is 3.44. The zero-order chi connectivity index (χ0) is 14.1. The van der Waals surface area contributed by atoms with Crippen molar-refractivity contribution in [2.45, 2.75) is 18.8 Å². The number of amides is 2. The van der Waals surface area contributed by atoms with Crippen LogP contribution in [0.2, 0.25) is 0 Å². The Morgan fingerprint density at radius 3 is 2.95 bits per heavy atom. The number of carbonyl (C=O) groups excluding carboxylic acids is 2. The van der Waals surface area contributed by atoms with E-state index in [-0.39, 0.29) is 24.2 Å². The fraction of sp³-hybridized carbons (Fsp3) is 0.467. The molecule has 2 aliphatic rings. The Balaban J connectivity index is 1.83. The Morgan fingerprint density at radius 2 is 2.20 bits per heavy atom. The molecule has 0 aromatic heterocycles. The fourth-order valence-corrected chi connectivity index (χ4v) is 3.08. The van der Waals surface area contributed by atoms with Gasteiger partial charge in [-0.3, -0.25) is 9.59 Å². The van der Waals surface area contributed by atoms with Crippen LogP contribution in [0, 0.1) is 5.92 Å². The first kappa shape index (κ1) is 13.1. The van der Waals surface area contributed by atoms with Crippen molar-refractivity contribution in [3.8, 4) is 0 Å². The van der Waals surface area contributed by atoms with Gasteiger partial charge in [-0.1, -0.05) is 18.2 Å². The molecule has 5 heteroatoms.